The molecule has 0 unspecified atom stereocenters. The van der Waals surface area contributed by atoms with Gasteiger partial charge in [-0.15, -0.1) is 0 Å². The molecule has 0 atom stereocenters. The largest absolute Gasteiger partial charge is 0.323 e. The zero-order valence-corrected chi connectivity index (χ0v) is 16.5. The normalized spacial score (nSPS) is 28.0. The third-order valence-electron chi connectivity index (χ3n) is 6.75. The van der Waals surface area contributed by atoms with Crippen LogP contribution in [0.25, 0.3) is 0 Å². The lowest BCUT2D eigenvalue weighted by molar-refractivity contribution is -1.03. The molecule has 2 aromatic carbocycles. The van der Waals surface area contributed by atoms with Crippen LogP contribution in [0.3, 0.4) is 0 Å². The second-order valence-electron chi connectivity index (χ2n) is 8.47. The zero-order valence-electron chi connectivity index (χ0n) is 16.5. The predicted octanol–water partition coefficient (Wildman–Crippen LogP) is 1.60. The van der Waals surface area contributed by atoms with Crippen molar-refractivity contribution in [1.29, 1.82) is 0 Å². The summed E-state index contributed by atoms with van der Waals surface area (Å²) in [6, 6.07) is 19.0. The predicted molar refractivity (Wildman–Crippen MR) is 110 cm³/mol. The molecule has 1 aliphatic carbocycles. The first-order valence-electron chi connectivity index (χ1n) is 10.7. The van der Waals surface area contributed by atoms with Gasteiger partial charge in [0.05, 0.1) is 11.0 Å². The number of nitrogens with zero attached hydrogens (tertiary/aromatic N) is 1. The summed E-state index contributed by atoms with van der Waals surface area (Å²) in [5.74, 6) is 0.748. The smallest absolute Gasteiger partial charge is 0.269 e. The lowest BCUT2D eigenvalue weighted by Gasteiger charge is -2.38. The minimum absolute atomic E-state index is 0.205. The maximum absolute atomic E-state index is 11.0. The molecule has 0 radical (unpaired) electrons. The Labute approximate surface area is 167 Å². The Morgan fingerprint density at radius 3 is 2.29 bits per heavy atom. The van der Waals surface area contributed by atoms with E-state index in [9.17, 15) is 10.1 Å². The Kier molecular flexibility index (Phi) is 6.03. The summed E-state index contributed by atoms with van der Waals surface area (Å²) in [5.41, 5.74) is 2.80. The van der Waals surface area contributed by atoms with Gasteiger partial charge in [-0.25, -0.2) is 0 Å². The molecule has 148 valence electrons. The molecule has 0 bridgehead atoms. The number of rotatable bonds is 5. The third-order valence-corrected chi connectivity index (χ3v) is 6.75. The fraction of sp³-hybridized carbons (Fsp3) is 0.478. The van der Waals surface area contributed by atoms with Gasteiger partial charge in [-0.2, -0.15) is 0 Å². The standard InChI is InChI=1S/C23H29N3O2/c27-26(28)23-8-4-5-19(17-23)18-24-13-15-25(16-14-24)22-11-9-21(10-12-22)20-6-2-1-3-7-20/h1-8,17,21-22H,9-16,18H2/p+2. The molecule has 0 spiro atoms. The van der Waals surface area contributed by atoms with Gasteiger partial charge in [0.1, 0.15) is 32.7 Å². The van der Waals surface area contributed by atoms with Crippen molar-refractivity contribution in [2.45, 2.75) is 44.2 Å². The third kappa shape index (κ3) is 4.59. The Hall–Kier alpha value is -2.24. The second-order valence-corrected chi connectivity index (χ2v) is 8.47. The van der Waals surface area contributed by atoms with Crippen molar-refractivity contribution in [1.82, 2.24) is 0 Å². The number of non-ortho nitro benzene ring substituents is 1. The van der Waals surface area contributed by atoms with E-state index in [1.165, 1.54) is 44.3 Å². The van der Waals surface area contributed by atoms with E-state index in [4.69, 9.17) is 0 Å². The van der Waals surface area contributed by atoms with Gasteiger partial charge in [0.25, 0.3) is 5.69 Å². The van der Waals surface area contributed by atoms with Gasteiger partial charge in [-0.1, -0.05) is 42.5 Å². The Bertz CT molecular complexity index is 779. The molecule has 5 heteroatoms. The highest BCUT2D eigenvalue weighted by Crippen LogP contribution is 2.31. The van der Waals surface area contributed by atoms with Crippen LogP contribution in [-0.2, 0) is 6.54 Å². The first-order valence-corrected chi connectivity index (χ1v) is 10.7. The number of nitro benzene ring substituents is 1. The highest BCUT2D eigenvalue weighted by atomic mass is 16.6. The SMILES string of the molecule is O=[N+]([O-])c1cccc(C[NH+]2CC[NH+](C3CCC(c4ccccc4)CC3)CC2)c1. The van der Waals surface area contributed by atoms with Crippen LogP contribution in [0.2, 0.25) is 0 Å². The van der Waals surface area contributed by atoms with Crippen molar-refractivity contribution < 1.29 is 14.7 Å². The molecule has 2 aliphatic rings. The summed E-state index contributed by atoms with van der Waals surface area (Å²) < 4.78 is 0. The summed E-state index contributed by atoms with van der Waals surface area (Å²) >= 11 is 0. The molecule has 2 fully saturated rings. The molecule has 28 heavy (non-hydrogen) atoms. The van der Waals surface area contributed by atoms with Crippen molar-refractivity contribution >= 4 is 5.69 Å². The summed E-state index contributed by atoms with van der Waals surface area (Å²) in [4.78, 5) is 14.0. The van der Waals surface area contributed by atoms with Crippen LogP contribution < -0.4 is 9.80 Å². The second kappa shape index (κ2) is 8.84. The molecule has 4 rings (SSSR count). The fourth-order valence-electron chi connectivity index (χ4n) is 5.14. The van der Waals surface area contributed by atoms with Gasteiger partial charge in [0.15, 0.2) is 0 Å². The van der Waals surface area contributed by atoms with Gasteiger partial charge >= 0.3 is 0 Å². The van der Waals surface area contributed by atoms with Crippen LogP contribution in [0.15, 0.2) is 54.6 Å². The van der Waals surface area contributed by atoms with Crippen LogP contribution in [0.5, 0.6) is 0 Å². The molecular weight excluding hydrogens is 350 g/mol. The topological polar surface area (TPSA) is 52.0 Å². The fourth-order valence-corrected chi connectivity index (χ4v) is 5.14. The van der Waals surface area contributed by atoms with E-state index in [-0.39, 0.29) is 10.6 Å². The molecule has 0 amide bonds. The number of benzene rings is 2. The van der Waals surface area contributed by atoms with Crippen LogP contribution >= 0.6 is 0 Å². The first kappa shape index (κ1) is 19.1. The van der Waals surface area contributed by atoms with E-state index in [2.05, 4.69) is 30.3 Å². The maximum Gasteiger partial charge on any atom is 0.269 e. The molecule has 1 saturated heterocycles. The quantitative estimate of drug-likeness (QED) is 0.611. The number of nitrogens with one attached hydrogen (secondary N) is 2. The van der Waals surface area contributed by atoms with E-state index >= 15 is 0 Å². The van der Waals surface area contributed by atoms with Crippen molar-refractivity contribution in [2.24, 2.45) is 0 Å². The first-order chi connectivity index (χ1) is 13.7. The Morgan fingerprint density at radius 2 is 1.61 bits per heavy atom. The monoisotopic (exact) mass is 381 g/mol. The highest BCUT2D eigenvalue weighted by Gasteiger charge is 2.33. The highest BCUT2D eigenvalue weighted by molar-refractivity contribution is 5.33. The molecule has 1 saturated carbocycles. The number of hydrogen-bond donors (Lipinski definition) is 2. The molecule has 5 nitrogen and oxygen atoms in total. The van der Waals surface area contributed by atoms with E-state index in [0.717, 1.165) is 37.2 Å². The van der Waals surface area contributed by atoms with Crippen molar-refractivity contribution in [2.75, 3.05) is 26.2 Å². The lowest BCUT2D eigenvalue weighted by atomic mass is 9.81. The summed E-state index contributed by atoms with van der Waals surface area (Å²) in [6.07, 6.45) is 5.33. The van der Waals surface area contributed by atoms with Crippen molar-refractivity contribution in [3.8, 4) is 0 Å². The van der Waals surface area contributed by atoms with Gasteiger partial charge < -0.3 is 9.80 Å². The molecular formula is C23H31N3O2+2. The van der Waals surface area contributed by atoms with E-state index in [0.29, 0.717) is 0 Å². The van der Waals surface area contributed by atoms with Crippen molar-refractivity contribution in [3.05, 3.63) is 75.8 Å². The Morgan fingerprint density at radius 1 is 0.893 bits per heavy atom. The van der Waals surface area contributed by atoms with Crippen LogP contribution in [0, 0.1) is 10.1 Å². The summed E-state index contributed by atoms with van der Waals surface area (Å²) in [6.45, 7) is 5.68. The number of quaternary nitrogens is 2. The minimum atomic E-state index is -0.299. The molecule has 1 aliphatic heterocycles. The lowest BCUT2D eigenvalue weighted by Crippen LogP contribution is -3.29. The average molecular weight is 382 g/mol. The van der Waals surface area contributed by atoms with Crippen molar-refractivity contribution in [3.63, 3.8) is 0 Å². The maximum atomic E-state index is 11.0. The number of piperazine rings is 1. The molecule has 1 heterocycles. The van der Waals surface area contributed by atoms with Gasteiger partial charge in [-0.3, -0.25) is 10.1 Å². The zero-order chi connectivity index (χ0) is 19.3. The van der Waals surface area contributed by atoms with Crippen LogP contribution in [0.4, 0.5) is 5.69 Å². The van der Waals surface area contributed by atoms with Gasteiger partial charge in [0, 0.05) is 17.7 Å². The molecule has 0 aromatic heterocycles. The van der Waals surface area contributed by atoms with Crippen LogP contribution in [0.1, 0.15) is 42.7 Å². The average Bonchev–Trinajstić information content (AvgIpc) is 2.75. The molecule has 2 N–H and O–H groups in total. The van der Waals surface area contributed by atoms with E-state index in [1.54, 1.807) is 28.0 Å². The molecule has 2 aromatic rings. The minimum Gasteiger partial charge on any atom is -0.323 e. The number of nitro groups is 1. The van der Waals surface area contributed by atoms with Gasteiger partial charge in [0.2, 0.25) is 0 Å². The summed E-state index contributed by atoms with van der Waals surface area (Å²) in [7, 11) is 0. The number of hydrogen-bond acceptors (Lipinski definition) is 2. The van der Waals surface area contributed by atoms with E-state index in [1.807, 2.05) is 6.07 Å². The van der Waals surface area contributed by atoms with Gasteiger partial charge in [-0.05, 0) is 37.2 Å². The van der Waals surface area contributed by atoms with Crippen LogP contribution in [-0.4, -0.2) is 37.1 Å². The Balaban J connectivity index is 1.25. The summed E-state index contributed by atoms with van der Waals surface area (Å²) in [5, 5.41) is 11.0. The van der Waals surface area contributed by atoms with E-state index < -0.39 is 0 Å².